The molecule has 140 valence electrons. The molecule has 3 rings (SSSR count). The maximum atomic E-state index is 13.3. The Balaban J connectivity index is 2.15. The number of likely N-dealkylation sites (N-methyl/N-ethyl adjacent to an activating group) is 1. The van der Waals surface area contributed by atoms with E-state index in [0.29, 0.717) is 26.9 Å². The van der Waals surface area contributed by atoms with E-state index in [1.165, 1.54) is 0 Å². The lowest BCUT2D eigenvalue weighted by Crippen LogP contribution is -2.35. The lowest BCUT2D eigenvalue weighted by molar-refractivity contribution is -0.120. The monoisotopic (exact) mass is 404 g/mol. The van der Waals surface area contributed by atoms with Crippen LogP contribution in [0.2, 0.25) is 10.0 Å². The quantitative estimate of drug-likeness (QED) is 0.774. The lowest BCUT2D eigenvalue weighted by atomic mass is 10.0. The van der Waals surface area contributed by atoms with Gasteiger partial charge in [-0.3, -0.25) is 9.59 Å². The molecule has 0 atom stereocenters. The van der Waals surface area contributed by atoms with Gasteiger partial charge in [0.1, 0.15) is 5.70 Å². The van der Waals surface area contributed by atoms with Crippen molar-refractivity contribution in [3.8, 4) is 0 Å². The third kappa shape index (κ3) is 3.58. The molecule has 1 N–H and O–H groups in total. The van der Waals surface area contributed by atoms with Gasteiger partial charge in [0.2, 0.25) is 0 Å². The van der Waals surface area contributed by atoms with Crippen LogP contribution >= 0.6 is 23.2 Å². The van der Waals surface area contributed by atoms with Gasteiger partial charge in [-0.15, -0.1) is 0 Å². The molecule has 0 saturated carbocycles. The van der Waals surface area contributed by atoms with Crippen LogP contribution in [0.3, 0.4) is 0 Å². The Bertz CT molecular complexity index is 939. The van der Waals surface area contributed by atoms with Gasteiger partial charge in [0.15, 0.2) is 0 Å². The van der Waals surface area contributed by atoms with E-state index in [2.05, 4.69) is 0 Å². The SMILES string of the molecule is Cc1cc(Cl)ccc1N1C(=O)C(c2ccc(Cl)cc2)=C(N(C)CCO)C1=O. The second kappa shape index (κ2) is 7.72. The Morgan fingerprint density at radius 3 is 2.22 bits per heavy atom. The van der Waals surface area contributed by atoms with Gasteiger partial charge < -0.3 is 10.0 Å². The molecule has 1 aliphatic rings. The fraction of sp³-hybridized carbons (Fsp3) is 0.200. The molecule has 0 aliphatic carbocycles. The summed E-state index contributed by atoms with van der Waals surface area (Å²) < 4.78 is 0. The van der Waals surface area contributed by atoms with E-state index in [9.17, 15) is 14.7 Å². The number of benzene rings is 2. The minimum absolute atomic E-state index is 0.144. The zero-order valence-electron chi connectivity index (χ0n) is 14.9. The Kier molecular flexibility index (Phi) is 5.56. The highest BCUT2D eigenvalue weighted by atomic mass is 35.5. The summed E-state index contributed by atoms with van der Waals surface area (Å²) in [7, 11) is 1.67. The molecule has 1 aliphatic heterocycles. The number of imide groups is 1. The highest BCUT2D eigenvalue weighted by Crippen LogP contribution is 2.36. The molecule has 0 fully saturated rings. The van der Waals surface area contributed by atoms with Gasteiger partial charge in [-0.05, 0) is 48.4 Å². The van der Waals surface area contributed by atoms with E-state index in [1.807, 2.05) is 0 Å². The summed E-state index contributed by atoms with van der Waals surface area (Å²) in [6.07, 6.45) is 0. The number of nitrogens with zero attached hydrogens (tertiary/aromatic N) is 2. The molecule has 0 saturated heterocycles. The van der Waals surface area contributed by atoms with Crippen LogP contribution in [0.4, 0.5) is 5.69 Å². The van der Waals surface area contributed by atoms with Crippen molar-refractivity contribution in [2.75, 3.05) is 25.1 Å². The van der Waals surface area contributed by atoms with Gasteiger partial charge in [-0.2, -0.15) is 0 Å². The second-order valence-corrected chi connectivity index (χ2v) is 7.13. The molecule has 2 aromatic rings. The molecule has 5 nitrogen and oxygen atoms in total. The predicted octanol–water partition coefficient (Wildman–Crippen LogP) is 3.51. The van der Waals surface area contributed by atoms with Crippen LogP contribution < -0.4 is 4.90 Å². The van der Waals surface area contributed by atoms with Crippen molar-refractivity contribution in [3.63, 3.8) is 0 Å². The van der Waals surface area contributed by atoms with Gasteiger partial charge in [0.05, 0.1) is 17.9 Å². The molecule has 2 amide bonds. The normalized spacial score (nSPS) is 14.3. The summed E-state index contributed by atoms with van der Waals surface area (Å²) in [6, 6.07) is 11.7. The van der Waals surface area contributed by atoms with Crippen LogP contribution in [0.15, 0.2) is 48.2 Å². The molecule has 2 aromatic carbocycles. The molecule has 0 bridgehead atoms. The minimum atomic E-state index is -0.439. The number of hydrogen-bond donors (Lipinski definition) is 1. The molecule has 0 unspecified atom stereocenters. The number of hydrogen-bond acceptors (Lipinski definition) is 4. The zero-order chi connectivity index (χ0) is 19.7. The van der Waals surface area contributed by atoms with E-state index in [0.717, 1.165) is 4.90 Å². The molecular weight excluding hydrogens is 387 g/mol. The molecular formula is C20H18Cl2N2O3. The average Bonchev–Trinajstić information content (AvgIpc) is 2.87. The van der Waals surface area contributed by atoms with Crippen LogP contribution in [0.1, 0.15) is 11.1 Å². The minimum Gasteiger partial charge on any atom is -0.395 e. The highest BCUT2D eigenvalue weighted by Gasteiger charge is 2.42. The maximum Gasteiger partial charge on any atom is 0.282 e. The lowest BCUT2D eigenvalue weighted by Gasteiger charge is -2.21. The number of carbonyl (C=O) groups excluding carboxylic acids is 2. The summed E-state index contributed by atoms with van der Waals surface area (Å²) in [4.78, 5) is 29.2. The number of anilines is 1. The first-order valence-corrected chi connectivity index (χ1v) is 9.08. The molecule has 7 heteroatoms. The summed E-state index contributed by atoms with van der Waals surface area (Å²) in [5, 5.41) is 10.4. The third-order valence-corrected chi connectivity index (χ3v) is 4.90. The predicted molar refractivity (Wildman–Crippen MR) is 107 cm³/mol. The smallest absolute Gasteiger partial charge is 0.282 e. The standard InChI is InChI=1S/C20H18Cl2N2O3/c1-12-11-15(22)7-8-16(12)24-19(26)17(13-3-5-14(21)6-4-13)18(20(24)27)23(2)9-10-25/h3-8,11,25H,9-10H2,1-2H3. The number of halogens is 2. The summed E-state index contributed by atoms with van der Waals surface area (Å²) in [6.45, 7) is 1.87. The zero-order valence-corrected chi connectivity index (χ0v) is 16.4. The van der Waals surface area contributed by atoms with E-state index in [-0.39, 0.29) is 24.4 Å². The number of aliphatic hydroxyl groups is 1. The van der Waals surface area contributed by atoms with Crippen molar-refractivity contribution < 1.29 is 14.7 Å². The largest absolute Gasteiger partial charge is 0.395 e. The molecule has 0 radical (unpaired) electrons. The topological polar surface area (TPSA) is 60.9 Å². The molecule has 1 heterocycles. The van der Waals surface area contributed by atoms with E-state index in [1.54, 1.807) is 61.3 Å². The Morgan fingerprint density at radius 1 is 1.00 bits per heavy atom. The Morgan fingerprint density at radius 2 is 1.63 bits per heavy atom. The van der Waals surface area contributed by atoms with Crippen molar-refractivity contribution >= 4 is 46.3 Å². The number of carbonyl (C=O) groups is 2. The van der Waals surface area contributed by atoms with Crippen molar-refractivity contribution in [3.05, 3.63) is 69.3 Å². The van der Waals surface area contributed by atoms with Crippen molar-refractivity contribution in [1.82, 2.24) is 4.90 Å². The van der Waals surface area contributed by atoms with Crippen LogP contribution in [-0.2, 0) is 9.59 Å². The van der Waals surface area contributed by atoms with Crippen LogP contribution in [-0.4, -0.2) is 42.0 Å². The number of rotatable bonds is 5. The average molecular weight is 405 g/mol. The first-order valence-electron chi connectivity index (χ1n) is 8.32. The molecule has 0 aromatic heterocycles. The number of aryl methyl sites for hydroxylation is 1. The van der Waals surface area contributed by atoms with Crippen molar-refractivity contribution in [2.24, 2.45) is 0 Å². The first-order chi connectivity index (χ1) is 12.8. The summed E-state index contributed by atoms with van der Waals surface area (Å²) in [5.41, 5.74) is 2.30. The van der Waals surface area contributed by atoms with Gasteiger partial charge >= 0.3 is 0 Å². The van der Waals surface area contributed by atoms with Crippen LogP contribution in [0, 0.1) is 6.92 Å². The van der Waals surface area contributed by atoms with Gasteiger partial charge in [0, 0.05) is 23.6 Å². The maximum absolute atomic E-state index is 13.3. The number of aliphatic hydroxyl groups excluding tert-OH is 1. The molecule has 0 spiro atoms. The van der Waals surface area contributed by atoms with Crippen LogP contribution in [0.5, 0.6) is 0 Å². The fourth-order valence-corrected chi connectivity index (χ4v) is 3.45. The highest BCUT2D eigenvalue weighted by molar-refractivity contribution is 6.45. The van der Waals surface area contributed by atoms with E-state index < -0.39 is 11.8 Å². The second-order valence-electron chi connectivity index (χ2n) is 6.25. The van der Waals surface area contributed by atoms with Crippen molar-refractivity contribution in [1.29, 1.82) is 0 Å². The van der Waals surface area contributed by atoms with Gasteiger partial charge in [-0.1, -0.05) is 35.3 Å². The number of amides is 2. The van der Waals surface area contributed by atoms with Gasteiger partial charge in [-0.25, -0.2) is 4.90 Å². The van der Waals surface area contributed by atoms with Crippen molar-refractivity contribution in [2.45, 2.75) is 6.92 Å². The Hall–Kier alpha value is -2.34. The van der Waals surface area contributed by atoms with E-state index >= 15 is 0 Å². The molecule has 27 heavy (non-hydrogen) atoms. The first kappa shape index (κ1) is 19.4. The summed E-state index contributed by atoms with van der Waals surface area (Å²) in [5.74, 6) is -0.862. The van der Waals surface area contributed by atoms with Crippen LogP contribution in [0.25, 0.3) is 5.57 Å². The fourth-order valence-electron chi connectivity index (χ4n) is 3.10. The Labute approximate surface area is 167 Å². The summed E-state index contributed by atoms with van der Waals surface area (Å²) >= 11 is 12.0. The van der Waals surface area contributed by atoms with Gasteiger partial charge in [0.25, 0.3) is 11.8 Å². The third-order valence-electron chi connectivity index (χ3n) is 4.41. The van der Waals surface area contributed by atoms with E-state index in [4.69, 9.17) is 23.2 Å².